The molecule has 5 heteroatoms. The van der Waals surface area contributed by atoms with Crippen LogP contribution in [-0.4, -0.2) is 15.0 Å². The van der Waals surface area contributed by atoms with Crippen molar-refractivity contribution >= 4 is 20.8 Å². The molecule has 2 rings (SSSR count). The van der Waals surface area contributed by atoms with Crippen LogP contribution in [0.15, 0.2) is 41.3 Å². The van der Waals surface area contributed by atoms with E-state index in [0.717, 1.165) is 0 Å². The van der Waals surface area contributed by atoms with E-state index in [1.54, 1.807) is 31.2 Å². The Balaban J connectivity index is 2.61. The van der Waals surface area contributed by atoms with Crippen molar-refractivity contribution in [1.29, 1.82) is 0 Å². The predicted molar refractivity (Wildman–Crippen MR) is 74.3 cm³/mol. The molecule has 0 fully saturated rings. The molecule has 2 aromatic rings. The minimum Gasteiger partial charge on any atom is -0.480 e. The molecule has 0 radical (unpaired) electrons. The predicted octanol–water partition coefficient (Wildman–Crippen LogP) is 1.89. The molecule has 0 heterocycles. The van der Waals surface area contributed by atoms with Crippen LogP contribution in [0.3, 0.4) is 0 Å². The molecule has 2 N–H and O–H groups in total. The molecule has 0 amide bonds. The molecule has 98 valence electrons. The lowest BCUT2D eigenvalue weighted by atomic mass is 10.1. The van der Waals surface area contributed by atoms with Crippen molar-refractivity contribution in [2.75, 3.05) is 6.61 Å². The van der Waals surface area contributed by atoms with Crippen molar-refractivity contribution in [2.45, 2.75) is 11.8 Å². The first-order chi connectivity index (χ1) is 9.04. The molecule has 0 spiro atoms. The number of nitrogens with two attached hydrogens (primary N) is 1. The number of hydrogen-bond acceptors (Lipinski definition) is 3. The molecule has 0 aliphatic heterocycles. The summed E-state index contributed by atoms with van der Waals surface area (Å²) in [5.41, 5.74) is 0. The third-order valence-electron chi connectivity index (χ3n) is 2.63. The second-order valence-corrected chi connectivity index (χ2v) is 5.40. The lowest BCUT2D eigenvalue weighted by molar-refractivity contribution is 0.374. The van der Waals surface area contributed by atoms with Gasteiger partial charge in [-0.3, -0.25) is 0 Å². The molecule has 0 aliphatic rings. The second kappa shape index (κ2) is 5.31. The van der Waals surface area contributed by atoms with Crippen LogP contribution in [0.2, 0.25) is 0 Å². The van der Waals surface area contributed by atoms with E-state index in [4.69, 9.17) is 9.88 Å². The summed E-state index contributed by atoms with van der Waals surface area (Å²) in [4.78, 5) is 0.0945. The van der Waals surface area contributed by atoms with Gasteiger partial charge in [0.1, 0.15) is 12.4 Å². The van der Waals surface area contributed by atoms with Gasteiger partial charge >= 0.3 is 0 Å². The van der Waals surface area contributed by atoms with E-state index >= 15 is 0 Å². The van der Waals surface area contributed by atoms with E-state index in [1.165, 1.54) is 6.07 Å². The van der Waals surface area contributed by atoms with E-state index < -0.39 is 10.0 Å². The van der Waals surface area contributed by atoms with Crippen molar-refractivity contribution in [1.82, 2.24) is 0 Å². The first-order valence-corrected chi connectivity index (χ1v) is 7.15. The highest BCUT2D eigenvalue weighted by Crippen LogP contribution is 2.30. The largest absolute Gasteiger partial charge is 0.480 e. The fourth-order valence-corrected chi connectivity index (χ4v) is 2.55. The Morgan fingerprint density at radius 1 is 1.16 bits per heavy atom. The highest BCUT2D eigenvalue weighted by molar-refractivity contribution is 7.89. The van der Waals surface area contributed by atoms with Gasteiger partial charge in [0.05, 0.1) is 4.90 Å². The lowest BCUT2D eigenvalue weighted by Gasteiger charge is -2.09. The zero-order valence-electron chi connectivity index (χ0n) is 10.4. The molecule has 0 saturated heterocycles. The smallest absolute Gasteiger partial charge is 0.238 e. The molecule has 19 heavy (non-hydrogen) atoms. The monoisotopic (exact) mass is 275 g/mol. The molecule has 0 saturated carbocycles. The normalized spacial score (nSPS) is 10.8. The second-order valence-electron chi connectivity index (χ2n) is 3.87. The van der Waals surface area contributed by atoms with Crippen LogP contribution in [0.5, 0.6) is 5.75 Å². The zero-order chi connectivity index (χ0) is 13.9. The number of primary sulfonamides is 1. The molecule has 0 aromatic heterocycles. The maximum atomic E-state index is 11.5. The Morgan fingerprint density at radius 2 is 1.84 bits per heavy atom. The van der Waals surface area contributed by atoms with Gasteiger partial charge in [0.15, 0.2) is 0 Å². The van der Waals surface area contributed by atoms with Gasteiger partial charge in [0, 0.05) is 10.8 Å². The fraction of sp³-hybridized carbons (Fsp3) is 0.143. The summed E-state index contributed by atoms with van der Waals surface area (Å²) >= 11 is 0. The zero-order valence-corrected chi connectivity index (χ0v) is 11.2. The van der Waals surface area contributed by atoms with E-state index in [2.05, 4.69) is 11.8 Å². The molecule has 4 nitrogen and oxygen atoms in total. The van der Waals surface area contributed by atoms with Crippen LogP contribution < -0.4 is 9.88 Å². The number of fused-ring (bicyclic) bond motifs is 1. The van der Waals surface area contributed by atoms with Crippen molar-refractivity contribution in [2.24, 2.45) is 5.14 Å². The Labute approximate surface area is 112 Å². The van der Waals surface area contributed by atoms with Crippen molar-refractivity contribution in [3.8, 4) is 17.6 Å². The van der Waals surface area contributed by atoms with Crippen molar-refractivity contribution < 1.29 is 13.2 Å². The van der Waals surface area contributed by atoms with E-state index in [0.29, 0.717) is 16.5 Å². The highest BCUT2D eigenvalue weighted by atomic mass is 32.2. The van der Waals surface area contributed by atoms with Crippen LogP contribution in [0.1, 0.15) is 6.92 Å². The van der Waals surface area contributed by atoms with Gasteiger partial charge in [0.25, 0.3) is 0 Å². The van der Waals surface area contributed by atoms with Crippen LogP contribution >= 0.6 is 0 Å². The van der Waals surface area contributed by atoms with Crippen LogP contribution in [0, 0.1) is 11.8 Å². The standard InChI is InChI=1S/C14H13NO3S/c1-2-3-10-18-13-8-9-14(19(15,16)17)12-7-5-4-6-11(12)13/h4-9H,10H2,1H3,(H2,15,16,17). The first-order valence-electron chi connectivity index (χ1n) is 5.61. The third kappa shape index (κ3) is 2.87. The maximum absolute atomic E-state index is 11.5. The lowest BCUT2D eigenvalue weighted by Crippen LogP contribution is -2.12. The Kier molecular flexibility index (Phi) is 3.74. The van der Waals surface area contributed by atoms with Gasteiger partial charge in [-0.2, -0.15) is 0 Å². The number of ether oxygens (including phenoxy) is 1. The molecule has 0 aliphatic carbocycles. The fourth-order valence-electron chi connectivity index (χ4n) is 1.80. The summed E-state index contributed by atoms with van der Waals surface area (Å²) in [5.74, 6) is 6.11. The van der Waals surface area contributed by atoms with Gasteiger partial charge in [0.2, 0.25) is 10.0 Å². The molecule has 0 bridgehead atoms. The van der Waals surface area contributed by atoms with Crippen LogP contribution in [0.25, 0.3) is 10.8 Å². The third-order valence-corrected chi connectivity index (χ3v) is 3.60. The van der Waals surface area contributed by atoms with E-state index in [-0.39, 0.29) is 11.5 Å². The van der Waals surface area contributed by atoms with Crippen LogP contribution in [0.4, 0.5) is 0 Å². The highest BCUT2D eigenvalue weighted by Gasteiger charge is 2.14. The van der Waals surface area contributed by atoms with Gasteiger partial charge < -0.3 is 4.74 Å². The summed E-state index contributed by atoms with van der Waals surface area (Å²) < 4.78 is 28.6. The summed E-state index contributed by atoms with van der Waals surface area (Å²) in [6, 6.07) is 10.1. The molecular weight excluding hydrogens is 262 g/mol. The molecule has 0 atom stereocenters. The van der Waals surface area contributed by atoms with Crippen LogP contribution in [-0.2, 0) is 10.0 Å². The van der Waals surface area contributed by atoms with Gasteiger partial charge in [-0.1, -0.05) is 30.2 Å². The number of sulfonamides is 1. The number of rotatable bonds is 3. The van der Waals surface area contributed by atoms with E-state index in [1.807, 2.05) is 6.07 Å². The minimum absolute atomic E-state index is 0.0945. The summed E-state index contributed by atoms with van der Waals surface area (Å²) in [6.07, 6.45) is 0. The molecular formula is C14H13NO3S. The summed E-state index contributed by atoms with van der Waals surface area (Å²) in [5, 5.41) is 6.45. The van der Waals surface area contributed by atoms with E-state index in [9.17, 15) is 8.42 Å². The molecule has 0 unspecified atom stereocenters. The summed E-state index contributed by atoms with van der Waals surface area (Å²) in [7, 11) is -3.75. The average molecular weight is 275 g/mol. The first kappa shape index (κ1) is 13.4. The molecule has 2 aromatic carbocycles. The summed E-state index contributed by atoms with van der Waals surface area (Å²) in [6.45, 7) is 1.99. The quantitative estimate of drug-likeness (QED) is 0.870. The maximum Gasteiger partial charge on any atom is 0.238 e. The van der Waals surface area contributed by atoms with Gasteiger partial charge in [-0.15, -0.1) is 5.92 Å². The average Bonchev–Trinajstić information content (AvgIpc) is 2.37. The minimum atomic E-state index is -3.75. The SMILES string of the molecule is CC#CCOc1ccc(S(N)(=O)=O)c2ccccc12. The Bertz CT molecular complexity index is 770. The van der Waals surface area contributed by atoms with Crippen molar-refractivity contribution in [3.05, 3.63) is 36.4 Å². The topological polar surface area (TPSA) is 69.4 Å². The number of benzene rings is 2. The number of hydrogen-bond donors (Lipinski definition) is 1. The van der Waals surface area contributed by atoms with Gasteiger partial charge in [-0.05, 0) is 19.1 Å². The van der Waals surface area contributed by atoms with Gasteiger partial charge in [-0.25, -0.2) is 13.6 Å². The Morgan fingerprint density at radius 3 is 2.47 bits per heavy atom. The Hall–Kier alpha value is -2.03. The van der Waals surface area contributed by atoms with Crippen molar-refractivity contribution in [3.63, 3.8) is 0 Å².